The standard InChI is InChI=1S/C18H16F3NO3S/c1-11(18(24)22-13-4-2-12(19)3-5-13)25-17(23)8-9-26-14-6-7-15(20)16(21)10-14/h2-7,10-11H,8-9H2,1H3,(H,22,24)/t11-/m0/s1. The van der Waals surface area contributed by atoms with E-state index in [1.165, 1.54) is 49.0 Å². The Morgan fingerprint density at radius 1 is 1.08 bits per heavy atom. The van der Waals surface area contributed by atoms with Crippen molar-refractivity contribution < 1.29 is 27.5 Å². The molecular weight excluding hydrogens is 367 g/mol. The Labute approximate surface area is 152 Å². The summed E-state index contributed by atoms with van der Waals surface area (Å²) in [5.41, 5.74) is 0.383. The topological polar surface area (TPSA) is 55.4 Å². The number of carbonyl (C=O) groups excluding carboxylic acids is 2. The Morgan fingerprint density at radius 2 is 1.77 bits per heavy atom. The van der Waals surface area contributed by atoms with Crippen LogP contribution in [0, 0.1) is 17.5 Å². The van der Waals surface area contributed by atoms with Crippen LogP contribution in [0.25, 0.3) is 0 Å². The average Bonchev–Trinajstić information content (AvgIpc) is 2.60. The molecule has 4 nitrogen and oxygen atoms in total. The molecular formula is C18H16F3NO3S. The van der Waals surface area contributed by atoms with Gasteiger partial charge in [0.1, 0.15) is 5.82 Å². The van der Waals surface area contributed by atoms with Gasteiger partial charge in [0.2, 0.25) is 0 Å². The lowest BCUT2D eigenvalue weighted by molar-refractivity contribution is -0.152. The van der Waals surface area contributed by atoms with Crippen LogP contribution in [0.15, 0.2) is 47.4 Å². The number of thioether (sulfide) groups is 1. The van der Waals surface area contributed by atoms with Crippen LogP contribution in [-0.4, -0.2) is 23.7 Å². The zero-order valence-corrected chi connectivity index (χ0v) is 14.6. The number of amides is 1. The maximum Gasteiger partial charge on any atom is 0.307 e. The van der Waals surface area contributed by atoms with Gasteiger partial charge in [0.25, 0.3) is 5.91 Å². The van der Waals surface area contributed by atoms with Crippen LogP contribution >= 0.6 is 11.8 Å². The number of esters is 1. The van der Waals surface area contributed by atoms with E-state index in [2.05, 4.69) is 5.32 Å². The van der Waals surface area contributed by atoms with E-state index >= 15 is 0 Å². The van der Waals surface area contributed by atoms with Gasteiger partial charge in [-0.25, -0.2) is 13.2 Å². The van der Waals surface area contributed by atoms with Gasteiger partial charge in [-0.05, 0) is 49.4 Å². The largest absolute Gasteiger partial charge is 0.453 e. The molecule has 0 radical (unpaired) electrons. The van der Waals surface area contributed by atoms with Crippen molar-refractivity contribution in [2.24, 2.45) is 0 Å². The number of halogens is 3. The first-order valence-corrected chi connectivity index (χ1v) is 8.67. The van der Waals surface area contributed by atoms with E-state index in [4.69, 9.17) is 4.74 Å². The fraction of sp³-hybridized carbons (Fsp3) is 0.222. The average molecular weight is 383 g/mol. The normalized spacial score (nSPS) is 11.7. The Morgan fingerprint density at radius 3 is 2.42 bits per heavy atom. The Balaban J connectivity index is 1.74. The summed E-state index contributed by atoms with van der Waals surface area (Å²) >= 11 is 1.17. The first kappa shape index (κ1) is 19.8. The van der Waals surface area contributed by atoms with Gasteiger partial charge in [-0.15, -0.1) is 11.8 Å². The molecule has 2 aromatic rings. The lowest BCUT2D eigenvalue weighted by atomic mass is 10.3. The van der Waals surface area contributed by atoms with Crippen LogP contribution in [0.2, 0.25) is 0 Å². The van der Waals surface area contributed by atoms with Crippen LogP contribution in [0.3, 0.4) is 0 Å². The first-order valence-electron chi connectivity index (χ1n) is 7.69. The number of anilines is 1. The Bertz CT molecular complexity index is 784. The lowest BCUT2D eigenvalue weighted by Gasteiger charge is -2.13. The summed E-state index contributed by atoms with van der Waals surface area (Å²) in [6, 6.07) is 8.64. The van der Waals surface area contributed by atoms with E-state index in [1.807, 2.05) is 0 Å². The summed E-state index contributed by atoms with van der Waals surface area (Å²) in [5, 5.41) is 2.50. The number of carbonyl (C=O) groups is 2. The molecule has 138 valence electrons. The predicted molar refractivity (Wildman–Crippen MR) is 92.3 cm³/mol. The molecule has 0 aliphatic carbocycles. The number of ether oxygens (including phenoxy) is 1. The van der Waals surface area contributed by atoms with Crippen molar-refractivity contribution in [3.8, 4) is 0 Å². The monoisotopic (exact) mass is 383 g/mol. The van der Waals surface area contributed by atoms with Crippen molar-refractivity contribution in [1.82, 2.24) is 0 Å². The van der Waals surface area contributed by atoms with Gasteiger partial charge >= 0.3 is 5.97 Å². The third-order valence-corrected chi connectivity index (χ3v) is 4.25. The molecule has 1 atom stereocenters. The van der Waals surface area contributed by atoms with Crippen LogP contribution in [0.5, 0.6) is 0 Å². The summed E-state index contributed by atoms with van der Waals surface area (Å²) in [7, 11) is 0. The highest BCUT2D eigenvalue weighted by molar-refractivity contribution is 7.99. The second kappa shape index (κ2) is 9.28. The van der Waals surface area contributed by atoms with Crippen molar-refractivity contribution in [3.63, 3.8) is 0 Å². The lowest BCUT2D eigenvalue weighted by Crippen LogP contribution is -2.30. The fourth-order valence-electron chi connectivity index (χ4n) is 1.91. The predicted octanol–water partition coefficient (Wildman–Crippen LogP) is 4.16. The summed E-state index contributed by atoms with van der Waals surface area (Å²) < 4.78 is 43.7. The zero-order chi connectivity index (χ0) is 19.1. The van der Waals surface area contributed by atoms with Crippen molar-refractivity contribution in [2.75, 3.05) is 11.1 Å². The van der Waals surface area contributed by atoms with Crippen molar-refractivity contribution in [2.45, 2.75) is 24.3 Å². The molecule has 26 heavy (non-hydrogen) atoms. The summed E-state index contributed by atoms with van der Waals surface area (Å²) in [6.07, 6.45) is -1.03. The molecule has 1 N–H and O–H groups in total. The number of benzene rings is 2. The SMILES string of the molecule is C[C@H](OC(=O)CCSc1ccc(F)c(F)c1)C(=O)Nc1ccc(F)cc1. The number of rotatable bonds is 7. The molecule has 0 aliphatic rings. The molecule has 0 bridgehead atoms. The first-order chi connectivity index (χ1) is 12.3. The molecule has 0 saturated carbocycles. The second-order valence-corrected chi connectivity index (χ2v) is 6.47. The molecule has 0 unspecified atom stereocenters. The third kappa shape index (κ3) is 6.11. The molecule has 2 rings (SSSR count). The summed E-state index contributed by atoms with van der Waals surface area (Å²) in [4.78, 5) is 24.2. The van der Waals surface area contributed by atoms with E-state index in [0.717, 1.165) is 12.1 Å². The number of hydrogen-bond acceptors (Lipinski definition) is 4. The molecule has 2 aromatic carbocycles. The number of nitrogens with one attached hydrogen (secondary N) is 1. The highest BCUT2D eigenvalue weighted by atomic mass is 32.2. The quantitative estimate of drug-likeness (QED) is 0.576. The molecule has 8 heteroatoms. The van der Waals surface area contributed by atoms with Gasteiger partial charge in [-0.1, -0.05) is 0 Å². The van der Waals surface area contributed by atoms with E-state index in [9.17, 15) is 22.8 Å². The molecule has 1 amide bonds. The van der Waals surface area contributed by atoms with Gasteiger partial charge < -0.3 is 10.1 Å². The summed E-state index contributed by atoms with van der Waals surface area (Å²) in [6.45, 7) is 1.42. The van der Waals surface area contributed by atoms with Gasteiger partial charge in [-0.3, -0.25) is 9.59 Å². The van der Waals surface area contributed by atoms with Crippen LogP contribution < -0.4 is 5.32 Å². The minimum absolute atomic E-state index is 0.00215. The van der Waals surface area contributed by atoms with Crippen LogP contribution in [0.1, 0.15) is 13.3 Å². The van der Waals surface area contributed by atoms with Gasteiger partial charge in [-0.2, -0.15) is 0 Å². The maximum atomic E-state index is 13.1. The Hall–Kier alpha value is -2.48. The van der Waals surface area contributed by atoms with E-state index < -0.39 is 35.4 Å². The Kier molecular flexibility index (Phi) is 7.08. The van der Waals surface area contributed by atoms with Crippen molar-refractivity contribution in [1.29, 1.82) is 0 Å². The molecule has 0 saturated heterocycles. The van der Waals surface area contributed by atoms with E-state index in [1.54, 1.807) is 0 Å². The minimum atomic E-state index is -1.03. The highest BCUT2D eigenvalue weighted by Crippen LogP contribution is 2.21. The molecule has 0 aliphatic heterocycles. The van der Waals surface area contributed by atoms with Crippen LogP contribution in [0.4, 0.5) is 18.9 Å². The smallest absolute Gasteiger partial charge is 0.307 e. The molecule has 0 fully saturated rings. The second-order valence-electron chi connectivity index (χ2n) is 5.30. The highest BCUT2D eigenvalue weighted by Gasteiger charge is 2.18. The van der Waals surface area contributed by atoms with Crippen LogP contribution in [-0.2, 0) is 14.3 Å². The van der Waals surface area contributed by atoms with E-state index in [0.29, 0.717) is 10.6 Å². The molecule has 0 heterocycles. The number of hydrogen-bond donors (Lipinski definition) is 1. The maximum absolute atomic E-state index is 13.1. The van der Waals surface area contributed by atoms with Crippen molar-refractivity contribution >= 4 is 29.3 Å². The molecule has 0 spiro atoms. The molecule has 0 aromatic heterocycles. The minimum Gasteiger partial charge on any atom is -0.453 e. The van der Waals surface area contributed by atoms with Gasteiger partial charge in [0, 0.05) is 16.3 Å². The zero-order valence-electron chi connectivity index (χ0n) is 13.8. The van der Waals surface area contributed by atoms with Crippen molar-refractivity contribution in [3.05, 3.63) is 59.9 Å². The van der Waals surface area contributed by atoms with Gasteiger partial charge in [0.15, 0.2) is 17.7 Å². The third-order valence-electron chi connectivity index (χ3n) is 3.26. The summed E-state index contributed by atoms with van der Waals surface area (Å²) in [5.74, 6) is -3.17. The van der Waals surface area contributed by atoms with E-state index in [-0.39, 0.29) is 12.2 Å². The fourth-order valence-corrected chi connectivity index (χ4v) is 2.76. The van der Waals surface area contributed by atoms with Gasteiger partial charge in [0.05, 0.1) is 6.42 Å².